The zero-order valence-electron chi connectivity index (χ0n) is 18.0. The van der Waals surface area contributed by atoms with Crippen LogP contribution in [0.2, 0.25) is 0 Å². The summed E-state index contributed by atoms with van der Waals surface area (Å²) in [6.45, 7) is 1.97. The number of nitrogens with zero attached hydrogens (tertiary/aromatic N) is 3. The molecule has 1 fully saturated rings. The van der Waals surface area contributed by atoms with Gasteiger partial charge >= 0.3 is 18.5 Å². The van der Waals surface area contributed by atoms with Gasteiger partial charge in [-0.15, -0.1) is 0 Å². The van der Waals surface area contributed by atoms with Crippen LogP contribution in [0.3, 0.4) is 0 Å². The fourth-order valence-corrected chi connectivity index (χ4v) is 5.93. The van der Waals surface area contributed by atoms with E-state index < -0.39 is 41.2 Å². The average Bonchev–Trinajstić information content (AvgIpc) is 3.41. The van der Waals surface area contributed by atoms with Crippen molar-refractivity contribution in [3.05, 3.63) is 93.3 Å². The normalized spacial score (nSPS) is 28.1. The van der Waals surface area contributed by atoms with Crippen molar-refractivity contribution in [3.63, 3.8) is 0 Å². The van der Waals surface area contributed by atoms with Crippen LogP contribution >= 0.6 is 15.9 Å². The predicted octanol–water partition coefficient (Wildman–Crippen LogP) is 1.86. The molecule has 0 amide bonds. The number of benzene rings is 2. The van der Waals surface area contributed by atoms with E-state index in [1.54, 1.807) is 31.4 Å². The summed E-state index contributed by atoms with van der Waals surface area (Å²) < 4.78 is 21.4. The van der Waals surface area contributed by atoms with Gasteiger partial charge in [-0.05, 0) is 36.2 Å². The van der Waals surface area contributed by atoms with Crippen molar-refractivity contribution in [2.45, 2.75) is 35.7 Å². The van der Waals surface area contributed by atoms with Crippen LogP contribution in [0.15, 0.2) is 76.3 Å². The quantitative estimate of drug-likeness (QED) is 0.305. The molecule has 1 aliphatic carbocycles. The van der Waals surface area contributed by atoms with Gasteiger partial charge in [0.15, 0.2) is 4.45 Å². The van der Waals surface area contributed by atoms with Crippen LogP contribution in [0.4, 0.5) is 0 Å². The molecule has 33 heavy (non-hydrogen) atoms. The number of rotatable bonds is 4. The second kappa shape index (κ2) is 7.43. The van der Waals surface area contributed by atoms with Gasteiger partial charge in [0.2, 0.25) is 0 Å². The van der Waals surface area contributed by atoms with E-state index in [1.165, 1.54) is 13.9 Å². The lowest BCUT2D eigenvalue weighted by Gasteiger charge is -2.46. The number of aromatic nitrogens is 3. The summed E-state index contributed by atoms with van der Waals surface area (Å²) in [5.74, 6) is 0. The van der Waals surface area contributed by atoms with Crippen LogP contribution in [0.5, 0.6) is 0 Å². The monoisotopic (exact) mass is 509 g/mol. The highest BCUT2D eigenvalue weighted by atomic mass is 79.9. The molecule has 3 aliphatic heterocycles. The van der Waals surface area contributed by atoms with Gasteiger partial charge in [0.1, 0.15) is 12.1 Å². The lowest BCUT2D eigenvalue weighted by Crippen LogP contribution is -2.61. The summed E-state index contributed by atoms with van der Waals surface area (Å²) in [5.41, 5.74) is 1.51. The van der Waals surface area contributed by atoms with Crippen molar-refractivity contribution in [3.8, 4) is 5.69 Å². The highest BCUT2D eigenvalue weighted by molar-refractivity contribution is 9.09. The SMILES string of the molecule is CO[C@@H](C)c1ccccc1B1O[C@H]2[C@@H]3C=C[C@](Br)([C@H]2O1)n1c(=O)n(-c2ccccc2)c(=O)n13. The molecule has 0 N–H and O–H groups in total. The van der Waals surface area contributed by atoms with Crippen LogP contribution in [0, 0.1) is 0 Å². The maximum absolute atomic E-state index is 13.5. The Morgan fingerprint density at radius 3 is 2.55 bits per heavy atom. The number of halogens is 1. The van der Waals surface area contributed by atoms with E-state index in [-0.39, 0.29) is 6.10 Å². The minimum absolute atomic E-state index is 0.140. The number of para-hydroxylation sites is 1. The standard InChI is InChI=1S/C23H21BBrN3O5/c1-14(31-2)16-10-6-7-11-17(16)24-32-19-18-12-13-23(25,20(19)33-24)28-22(30)26(21(29)27(18)28)15-8-4-3-5-9-15/h3-14,18-20H,1-2H3/t14-,18-,19-,20-,23+/m0/s1. The number of ether oxygens (including phenoxy) is 1. The molecule has 2 aromatic carbocycles. The van der Waals surface area contributed by atoms with Gasteiger partial charge in [-0.1, -0.05) is 64.5 Å². The van der Waals surface area contributed by atoms with Crippen LogP contribution in [0.1, 0.15) is 24.6 Å². The average molecular weight is 510 g/mol. The Kier molecular flexibility index (Phi) is 4.71. The molecule has 0 saturated carbocycles. The van der Waals surface area contributed by atoms with Crippen LogP contribution < -0.4 is 16.8 Å². The Hall–Kier alpha value is -2.66. The fraction of sp³-hybridized carbons (Fsp3) is 0.304. The lowest BCUT2D eigenvalue weighted by molar-refractivity contribution is 0.0151. The van der Waals surface area contributed by atoms with Gasteiger partial charge in [0, 0.05) is 7.11 Å². The summed E-state index contributed by atoms with van der Waals surface area (Å²) in [6.07, 6.45) is 2.69. The van der Waals surface area contributed by atoms with Gasteiger partial charge in [-0.2, -0.15) is 0 Å². The highest BCUT2D eigenvalue weighted by Gasteiger charge is 2.61. The molecular weight excluding hydrogens is 489 g/mol. The second-order valence-corrected chi connectivity index (χ2v) is 9.74. The van der Waals surface area contributed by atoms with Gasteiger partial charge in [0.25, 0.3) is 0 Å². The molecule has 1 saturated heterocycles. The Morgan fingerprint density at radius 2 is 1.79 bits per heavy atom. The molecule has 8 nitrogen and oxygen atoms in total. The second-order valence-electron chi connectivity index (χ2n) is 8.47. The molecule has 4 heterocycles. The van der Waals surface area contributed by atoms with Crippen molar-refractivity contribution in [1.29, 1.82) is 0 Å². The van der Waals surface area contributed by atoms with Gasteiger partial charge in [-0.3, -0.25) is 0 Å². The zero-order valence-corrected chi connectivity index (χ0v) is 19.6. The van der Waals surface area contributed by atoms with Crippen LogP contribution in [-0.4, -0.2) is 40.4 Å². The van der Waals surface area contributed by atoms with Crippen molar-refractivity contribution >= 4 is 28.5 Å². The van der Waals surface area contributed by atoms with Crippen LogP contribution in [-0.2, 0) is 18.5 Å². The molecule has 0 unspecified atom stereocenters. The van der Waals surface area contributed by atoms with Gasteiger partial charge in [-0.25, -0.2) is 23.5 Å². The van der Waals surface area contributed by atoms with Gasteiger partial charge in [0.05, 0.1) is 17.9 Å². The third-order valence-corrected chi connectivity index (χ3v) is 7.80. The fourth-order valence-electron chi connectivity index (χ4n) is 5.09. The predicted molar refractivity (Wildman–Crippen MR) is 126 cm³/mol. The van der Waals surface area contributed by atoms with E-state index in [0.29, 0.717) is 5.69 Å². The maximum Gasteiger partial charge on any atom is 0.495 e. The molecule has 4 aliphatic rings. The first-order valence-electron chi connectivity index (χ1n) is 10.8. The molecule has 1 aromatic heterocycles. The van der Waals surface area contributed by atoms with E-state index in [1.807, 2.05) is 49.4 Å². The molecule has 168 valence electrons. The minimum Gasteiger partial charge on any atom is -0.399 e. The molecule has 0 spiro atoms. The van der Waals surface area contributed by atoms with E-state index >= 15 is 0 Å². The Balaban J connectivity index is 1.45. The van der Waals surface area contributed by atoms with E-state index in [2.05, 4.69) is 15.9 Å². The summed E-state index contributed by atoms with van der Waals surface area (Å²) >= 11 is 3.74. The number of hydrogen-bond donors (Lipinski definition) is 0. The van der Waals surface area contributed by atoms with E-state index in [0.717, 1.165) is 11.0 Å². The molecule has 0 radical (unpaired) electrons. The Labute approximate surface area is 198 Å². The first-order valence-corrected chi connectivity index (χ1v) is 11.6. The summed E-state index contributed by atoms with van der Waals surface area (Å²) in [4.78, 5) is 26.9. The smallest absolute Gasteiger partial charge is 0.399 e. The minimum atomic E-state index is -1.06. The largest absolute Gasteiger partial charge is 0.495 e. The number of methoxy groups -OCH3 is 1. The number of alkyl halides is 1. The maximum atomic E-state index is 13.5. The topological polar surface area (TPSA) is 76.6 Å². The van der Waals surface area contributed by atoms with Crippen LogP contribution in [0.25, 0.3) is 5.69 Å². The third kappa shape index (κ3) is 2.81. The summed E-state index contributed by atoms with van der Waals surface area (Å²) in [5, 5.41) is 0. The molecular formula is C23H21BBrN3O5. The molecule has 5 atom stereocenters. The Bertz CT molecular complexity index is 1380. The summed E-state index contributed by atoms with van der Waals surface area (Å²) in [6, 6.07) is 16.3. The van der Waals surface area contributed by atoms with Crippen molar-refractivity contribution in [2.24, 2.45) is 0 Å². The van der Waals surface area contributed by atoms with E-state index in [4.69, 9.17) is 14.0 Å². The van der Waals surface area contributed by atoms with Crippen molar-refractivity contribution < 1.29 is 14.0 Å². The molecule has 7 rings (SSSR count). The molecule has 3 aromatic rings. The first kappa shape index (κ1) is 20.9. The highest BCUT2D eigenvalue weighted by Crippen LogP contribution is 2.49. The lowest BCUT2D eigenvalue weighted by atomic mass is 9.75. The molecule has 2 bridgehead atoms. The first-order chi connectivity index (χ1) is 16.0. The summed E-state index contributed by atoms with van der Waals surface area (Å²) in [7, 11) is 1.01. The molecule has 10 heteroatoms. The third-order valence-electron chi connectivity index (χ3n) is 6.75. The van der Waals surface area contributed by atoms with Gasteiger partial charge < -0.3 is 14.0 Å². The Morgan fingerprint density at radius 1 is 1.06 bits per heavy atom. The van der Waals surface area contributed by atoms with E-state index in [9.17, 15) is 9.59 Å². The number of hydrogen-bond acceptors (Lipinski definition) is 5. The zero-order chi connectivity index (χ0) is 22.9. The van der Waals surface area contributed by atoms with Crippen molar-refractivity contribution in [2.75, 3.05) is 7.11 Å². The van der Waals surface area contributed by atoms with Crippen molar-refractivity contribution in [1.82, 2.24) is 13.9 Å².